The topological polar surface area (TPSA) is 220 Å². The maximum atomic E-state index is 12.0. The zero-order valence-corrected chi connectivity index (χ0v) is 22.1. The van der Waals surface area contributed by atoms with E-state index in [1.165, 1.54) is 0 Å². The lowest BCUT2D eigenvalue weighted by Crippen LogP contribution is -2.39. The standard InChI is InChI=1S/C9H13ClF3N5O.C5H11F3N2O.C3H2Cl2N4.CH4/c10-7-8(14)16-6(17-18-7)2-1-3-15-4-5(19)9(11,12)13;6-5(7,8)4(11)3-10-2-1-9;4-1-2(6)7-3(5)9-8-1;/h5,15,19H,1-4H2,(H2,14,16,17);4,10-11H,1-3,9H2;(H2,6,7,9);1H4/t5-;4-;;/m00../s1. The number of nitrogen functional groups attached to an aromatic ring is 2. The van der Waals surface area contributed by atoms with Crippen LogP contribution in [-0.2, 0) is 6.42 Å². The number of anilines is 2. The van der Waals surface area contributed by atoms with Crippen LogP contribution in [0, 0.1) is 0 Å². The van der Waals surface area contributed by atoms with Crippen LogP contribution in [0.15, 0.2) is 0 Å². The molecular weight excluding hydrogens is 623 g/mol. The number of hydrogen-bond donors (Lipinski definition) is 7. The number of nitrogens with one attached hydrogen (secondary N) is 2. The molecule has 0 aromatic carbocycles. The van der Waals surface area contributed by atoms with Gasteiger partial charge in [-0.2, -0.15) is 31.3 Å². The van der Waals surface area contributed by atoms with Crippen molar-refractivity contribution in [3.05, 3.63) is 21.4 Å². The van der Waals surface area contributed by atoms with E-state index in [1.807, 2.05) is 0 Å². The van der Waals surface area contributed by atoms with Gasteiger partial charge in [0, 0.05) is 32.6 Å². The number of aryl methyl sites for hydroxylation is 1. The Morgan fingerprint density at radius 1 is 0.750 bits per heavy atom. The molecule has 2 atom stereocenters. The lowest BCUT2D eigenvalue weighted by Gasteiger charge is -2.14. The Morgan fingerprint density at radius 2 is 1.20 bits per heavy atom. The number of nitrogens with two attached hydrogens (primary N) is 3. The van der Waals surface area contributed by atoms with Crippen molar-refractivity contribution in [3.63, 3.8) is 0 Å². The molecule has 10 N–H and O–H groups in total. The van der Waals surface area contributed by atoms with E-state index >= 15 is 0 Å². The van der Waals surface area contributed by atoms with Crippen molar-refractivity contribution in [2.45, 2.75) is 44.8 Å². The normalized spacial score (nSPS) is 12.7. The Hall–Kier alpha value is -2.13. The molecule has 2 rings (SSSR count). The van der Waals surface area contributed by atoms with Crippen molar-refractivity contribution in [2.24, 2.45) is 5.73 Å². The molecule has 0 bridgehead atoms. The average molecular weight is 653 g/mol. The number of aromatic nitrogens is 6. The molecule has 0 aliphatic carbocycles. The quantitative estimate of drug-likeness (QED) is 0.143. The van der Waals surface area contributed by atoms with Crippen LogP contribution in [0.5, 0.6) is 0 Å². The largest absolute Gasteiger partial charge is 0.415 e. The molecule has 13 nitrogen and oxygen atoms in total. The smallest absolute Gasteiger partial charge is 0.382 e. The highest BCUT2D eigenvalue weighted by Gasteiger charge is 2.38. The highest BCUT2D eigenvalue weighted by Crippen LogP contribution is 2.19. The van der Waals surface area contributed by atoms with Crippen molar-refractivity contribution >= 4 is 46.4 Å². The number of rotatable bonds is 10. The number of hydrogen-bond acceptors (Lipinski definition) is 13. The summed E-state index contributed by atoms with van der Waals surface area (Å²) in [7, 11) is 0. The fraction of sp³-hybridized carbons (Fsp3) is 0.667. The third kappa shape index (κ3) is 18.3. The molecule has 232 valence electrons. The van der Waals surface area contributed by atoms with Gasteiger partial charge in [0.25, 0.3) is 0 Å². The summed E-state index contributed by atoms with van der Waals surface area (Å²) in [6, 6.07) is 0. The Labute approximate surface area is 240 Å². The van der Waals surface area contributed by atoms with E-state index in [4.69, 9.17) is 62.2 Å². The second kappa shape index (κ2) is 19.9. The minimum Gasteiger partial charge on any atom is -0.382 e. The van der Waals surface area contributed by atoms with Crippen molar-refractivity contribution in [3.8, 4) is 0 Å². The van der Waals surface area contributed by atoms with Gasteiger partial charge in [0.1, 0.15) is 0 Å². The van der Waals surface area contributed by atoms with Gasteiger partial charge in [-0.1, -0.05) is 30.6 Å². The second-order valence-corrected chi connectivity index (χ2v) is 8.13. The Kier molecular flexibility index (Phi) is 19.9. The zero-order chi connectivity index (χ0) is 30.2. The van der Waals surface area contributed by atoms with Gasteiger partial charge >= 0.3 is 12.4 Å². The van der Waals surface area contributed by atoms with Crippen LogP contribution in [-0.4, -0.2) is 97.9 Å². The van der Waals surface area contributed by atoms with Crippen molar-refractivity contribution < 1.29 is 36.6 Å². The minimum atomic E-state index is -4.61. The highest BCUT2D eigenvalue weighted by molar-refractivity contribution is 6.32. The van der Waals surface area contributed by atoms with E-state index < -0.39 is 37.7 Å². The molecule has 0 amide bonds. The van der Waals surface area contributed by atoms with Crippen LogP contribution in [0.25, 0.3) is 0 Å². The summed E-state index contributed by atoms with van der Waals surface area (Å²) in [5.41, 5.74) is 15.6. The van der Waals surface area contributed by atoms with Crippen LogP contribution in [0.2, 0.25) is 15.6 Å². The molecule has 2 aromatic heterocycles. The van der Waals surface area contributed by atoms with Gasteiger partial charge in [-0.15, -0.1) is 20.4 Å². The van der Waals surface area contributed by atoms with Crippen LogP contribution >= 0.6 is 34.8 Å². The predicted molar refractivity (Wildman–Crippen MR) is 137 cm³/mol. The molecule has 0 saturated carbocycles. The van der Waals surface area contributed by atoms with E-state index in [9.17, 15) is 26.3 Å². The van der Waals surface area contributed by atoms with Crippen LogP contribution < -0.4 is 27.8 Å². The van der Waals surface area contributed by atoms with Gasteiger partial charge in [0.15, 0.2) is 40.0 Å². The third-order valence-electron chi connectivity index (χ3n) is 3.86. The van der Waals surface area contributed by atoms with Crippen LogP contribution in [0.1, 0.15) is 19.7 Å². The van der Waals surface area contributed by atoms with Gasteiger partial charge in [-0.05, 0) is 24.6 Å². The van der Waals surface area contributed by atoms with Gasteiger partial charge in [-0.25, -0.2) is 4.98 Å². The monoisotopic (exact) mass is 651 g/mol. The average Bonchev–Trinajstić information content (AvgIpc) is 2.83. The maximum Gasteiger partial charge on any atom is 0.415 e. The number of halogens is 9. The summed E-state index contributed by atoms with van der Waals surface area (Å²) in [5, 5.41) is 35.9. The number of alkyl halides is 6. The molecule has 0 spiro atoms. The first-order valence-corrected chi connectivity index (χ1v) is 11.7. The van der Waals surface area contributed by atoms with Gasteiger partial charge in [-0.3, -0.25) is 0 Å². The molecule has 0 aliphatic heterocycles. The summed E-state index contributed by atoms with van der Waals surface area (Å²) in [6.45, 7) is -0.247. The Balaban J connectivity index is 0. The van der Waals surface area contributed by atoms with Crippen LogP contribution in [0.4, 0.5) is 38.0 Å². The molecular formula is C18H30Cl3F6N11O2. The molecule has 0 aliphatic rings. The summed E-state index contributed by atoms with van der Waals surface area (Å²) in [5.74, 6) is 0.517. The van der Waals surface area contributed by atoms with Crippen molar-refractivity contribution in [2.75, 3.05) is 44.2 Å². The van der Waals surface area contributed by atoms with Gasteiger partial charge < -0.3 is 38.0 Å². The Bertz CT molecular complexity index is 980. The maximum absolute atomic E-state index is 12.0. The third-order valence-corrected chi connectivity index (χ3v) is 4.56. The fourth-order valence-corrected chi connectivity index (χ4v) is 2.24. The summed E-state index contributed by atoms with van der Waals surface area (Å²) in [4.78, 5) is 7.37. The SMILES string of the molecule is C.NCCNC[C@H](O)C(F)(F)F.Nc1nc(CCCNC[C@H](O)C(F)(F)F)nnc1Cl.Nc1nc(Cl)nnc1Cl. The molecule has 0 radical (unpaired) electrons. The number of aliphatic hydroxyl groups is 2. The predicted octanol–water partition coefficient (Wildman–Crippen LogP) is 1.41. The molecule has 22 heteroatoms. The van der Waals surface area contributed by atoms with E-state index in [-0.39, 0.29) is 54.3 Å². The zero-order valence-electron chi connectivity index (χ0n) is 19.8. The first-order valence-electron chi connectivity index (χ1n) is 10.6. The van der Waals surface area contributed by atoms with E-state index in [0.29, 0.717) is 18.7 Å². The molecule has 0 unspecified atom stereocenters. The number of nitrogens with zero attached hydrogens (tertiary/aromatic N) is 6. The second-order valence-electron chi connectivity index (χ2n) is 7.08. The molecule has 40 heavy (non-hydrogen) atoms. The van der Waals surface area contributed by atoms with E-state index in [2.05, 4.69) is 41.0 Å². The molecule has 0 saturated heterocycles. The lowest BCUT2D eigenvalue weighted by atomic mass is 10.3. The first kappa shape index (κ1) is 40.0. The summed E-state index contributed by atoms with van der Waals surface area (Å²) < 4.78 is 70.5. The molecule has 0 fully saturated rings. The van der Waals surface area contributed by atoms with Crippen LogP contribution in [0.3, 0.4) is 0 Å². The lowest BCUT2D eigenvalue weighted by molar-refractivity contribution is -0.202. The van der Waals surface area contributed by atoms with Crippen molar-refractivity contribution in [1.29, 1.82) is 0 Å². The highest BCUT2D eigenvalue weighted by atomic mass is 35.5. The minimum absolute atomic E-state index is 0. The fourth-order valence-electron chi connectivity index (χ4n) is 1.95. The van der Waals surface area contributed by atoms with Crippen molar-refractivity contribution in [1.82, 2.24) is 41.0 Å². The Morgan fingerprint density at radius 3 is 1.60 bits per heavy atom. The molecule has 2 heterocycles. The van der Waals surface area contributed by atoms with Gasteiger partial charge in [0.2, 0.25) is 5.28 Å². The van der Waals surface area contributed by atoms with E-state index in [1.54, 1.807) is 0 Å². The molecule has 2 aromatic rings. The van der Waals surface area contributed by atoms with Gasteiger partial charge in [0.05, 0.1) is 0 Å². The summed E-state index contributed by atoms with van der Waals surface area (Å²) in [6.07, 6.45) is -12.9. The summed E-state index contributed by atoms with van der Waals surface area (Å²) >= 11 is 16.2. The number of aliphatic hydroxyl groups excluding tert-OH is 2. The first-order chi connectivity index (χ1) is 18.0. The van der Waals surface area contributed by atoms with E-state index in [0.717, 1.165) is 0 Å².